The fraction of sp³-hybridized carbons (Fsp3) is 0.240. The standard InChI is InChI=1S/C25H20Cl3F2N3O4/c1-24(30)6-7-33(20-4-3-14(26)8-16(20)25(24,37)12-34)23(36)13-2-5-21(31-11-13)32-22(35)15-9-19(29)18(28)10-17(15)27/h2-5,8-11,34,37H,6-7,12H2,1H3,(H,31,32,35)/t24?,25-/m0/s1. The molecule has 2 amide bonds. The van der Waals surface area contributed by atoms with Crippen molar-refractivity contribution in [2.24, 2.45) is 0 Å². The Morgan fingerprint density at radius 2 is 1.86 bits per heavy atom. The summed E-state index contributed by atoms with van der Waals surface area (Å²) in [5.74, 6) is -2.06. The number of amides is 2. The second-order valence-corrected chi connectivity index (χ2v) is 9.97. The molecule has 1 aliphatic rings. The highest BCUT2D eigenvalue weighted by Crippen LogP contribution is 2.46. The molecule has 37 heavy (non-hydrogen) atoms. The van der Waals surface area contributed by atoms with Gasteiger partial charge in [0.15, 0.2) is 0 Å². The maximum atomic E-state index is 15.5. The van der Waals surface area contributed by atoms with Crippen LogP contribution in [-0.4, -0.2) is 45.8 Å². The van der Waals surface area contributed by atoms with Crippen molar-refractivity contribution >= 4 is 58.1 Å². The molecule has 7 nitrogen and oxygen atoms in total. The zero-order valence-corrected chi connectivity index (χ0v) is 21.5. The van der Waals surface area contributed by atoms with Gasteiger partial charge in [0.05, 0.1) is 33.5 Å². The molecule has 12 heteroatoms. The number of aliphatic hydroxyl groups excluding tert-OH is 1. The first-order valence-electron chi connectivity index (χ1n) is 10.9. The Morgan fingerprint density at radius 1 is 1.14 bits per heavy atom. The number of rotatable bonds is 4. The lowest BCUT2D eigenvalue weighted by atomic mass is 9.79. The summed E-state index contributed by atoms with van der Waals surface area (Å²) < 4.78 is 29.3. The third-order valence-electron chi connectivity index (χ3n) is 6.34. The molecule has 2 aromatic carbocycles. The molecular formula is C25H20Cl3F2N3O4. The predicted octanol–water partition coefficient (Wildman–Crippen LogP) is 5.39. The van der Waals surface area contributed by atoms with E-state index in [4.69, 9.17) is 34.8 Å². The SMILES string of the molecule is CC1(F)CCN(C(=O)c2ccc(NC(=O)c3cc(F)c(Cl)cc3Cl)nc2)c2ccc(Cl)cc2[C@@]1(O)CO. The van der Waals surface area contributed by atoms with Crippen molar-refractivity contribution in [2.45, 2.75) is 24.6 Å². The number of carbonyl (C=O) groups excluding carboxylic acids is 2. The van der Waals surface area contributed by atoms with Crippen LogP contribution in [0.3, 0.4) is 0 Å². The van der Waals surface area contributed by atoms with E-state index in [1.54, 1.807) is 0 Å². The van der Waals surface area contributed by atoms with Crippen molar-refractivity contribution in [2.75, 3.05) is 23.4 Å². The van der Waals surface area contributed by atoms with Crippen LogP contribution in [0.25, 0.3) is 0 Å². The normalized spacial score (nSPS) is 21.2. The van der Waals surface area contributed by atoms with Gasteiger partial charge in [-0.1, -0.05) is 34.8 Å². The lowest BCUT2D eigenvalue weighted by Gasteiger charge is -2.37. The maximum absolute atomic E-state index is 15.5. The second kappa shape index (κ2) is 10.2. The third kappa shape index (κ3) is 5.02. The second-order valence-electron chi connectivity index (χ2n) is 8.72. The summed E-state index contributed by atoms with van der Waals surface area (Å²) in [7, 11) is 0. The summed E-state index contributed by atoms with van der Waals surface area (Å²) in [6.45, 7) is 0.120. The first-order valence-corrected chi connectivity index (χ1v) is 12.1. The largest absolute Gasteiger partial charge is 0.393 e. The number of fused-ring (bicyclic) bond motifs is 1. The number of halogens is 5. The van der Waals surface area contributed by atoms with Gasteiger partial charge < -0.3 is 20.4 Å². The summed E-state index contributed by atoms with van der Waals surface area (Å²) >= 11 is 17.7. The van der Waals surface area contributed by atoms with Crippen LogP contribution in [0.15, 0.2) is 48.7 Å². The molecule has 2 atom stereocenters. The Hall–Kier alpha value is -2.82. The first kappa shape index (κ1) is 27.2. The highest BCUT2D eigenvalue weighted by atomic mass is 35.5. The van der Waals surface area contributed by atoms with Crippen LogP contribution >= 0.6 is 34.8 Å². The van der Waals surface area contributed by atoms with Gasteiger partial charge in [0.1, 0.15) is 22.9 Å². The lowest BCUT2D eigenvalue weighted by Crippen LogP contribution is -2.49. The van der Waals surface area contributed by atoms with E-state index < -0.39 is 35.5 Å². The van der Waals surface area contributed by atoms with Crippen LogP contribution in [0.4, 0.5) is 20.3 Å². The van der Waals surface area contributed by atoms with E-state index in [0.29, 0.717) is 0 Å². The minimum atomic E-state index is -2.29. The quantitative estimate of drug-likeness (QED) is 0.365. The molecule has 3 N–H and O–H groups in total. The number of carbonyl (C=O) groups is 2. The lowest BCUT2D eigenvalue weighted by molar-refractivity contribution is -0.130. The van der Waals surface area contributed by atoms with Gasteiger partial charge in [-0.2, -0.15) is 0 Å². The monoisotopic (exact) mass is 569 g/mol. The van der Waals surface area contributed by atoms with Gasteiger partial charge in [-0.3, -0.25) is 9.59 Å². The molecular weight excluding hydrogens is 551 g/mol. The fourth-order valence-electron chi connectivity index (χ4n) is 4.10. The number of hydrogen-bond donors (Lipinski definition) is 3. The Kier molecular flexibility index (Phi) is 7.47. The summed E-state index contributed by atoms with van der Waals surface area (Å²) in [5.41, 5.74) is -4.46. The third-order valence-corrected chi connectivity index (χ3v) is 7.18. The molecule has 0 fully saturated rings. The smallest absolute Gasteiger partial charge is 0.259 e. The molecule has 2 heterocycles. The van der Waals surface area contributed by atoms with Crippen molar-refractivity contribution in [3.8, 4) is 0 Å². The fourth-order valence-corrected chi connectivity index (χ4v) is 4.74. The molecule has 0 aliphatic carbocycles. The molecule has 1 unspecified atom stereocenters. The number of anilines is 2. The van der Waals surface area contributed by atoms with E-state index in [1.165, 1.54) is 41.4 Å². The predicted molar refractivity (Wildman–Crippen MR) is 137 cm³/mol. The van der Waals surface area contributed by atoms with E-state index in [-0.39, 0.29) is 56.2 Å². The van der Waals surface area contributed by atoms with Gasteiger partial charge in [-0.15, -0.1) is 0 Å². The number of aliphatic hydroxyl groups is 2. The van der Waals surface area contributed by atoms with E-state index in [0.717, 1.165) is 19.1 Å². The van der Waals surface area contributed by atoms with Crippen LogP contribution in [0.5, 0.6) is 0 Å². The van der Waals surface area contributed by atoms with Crippen molar-refractivity contribution < 1.29 is 28.6 Å². The van der Waals surface area contributed by atoms with Crippen LogP contribution in [0.1, 0.15) is 39.6 Å². The van der Waals surface area contributed by atoms with Crippen LogP contribution in [0, 0.1) is 5.82 Å². The summed E-state index contributed by atoms with van der Waals surface area (Å²) in [5, 5.41) is 23.4. The van der Waals surface area contributed by atoms with E-state index >= 15 is 4.39 Å². The number of alkyl halides is 1. The molecule has 0 radical (unpaired) electrons. The maximum Gasteiger partial charge on any atom is 0.259 e. The summed E-state index contributed by atoms with van der Waals surface area (Å²) in [4.78, 5) is 31.3. The minimum Gasteiger partial charge on any atom is -0.393 e. The van der Waals surface area contributed by atoms with Crippen LogP contribution in [-0.2, 0) is 5.60 Å². The summed E-state index contributed by atoms with van der Waals surface area (Å²) in [6.07, 6.45) is 0.928. The Labute approximate surface area is 225 Å². The highest BCUT2D eigenvalue weighted by molar-refractivity contribution is 6.37. The molecule has 4 rings (SSSR count). The number of pyridine rings is 1. The van der Waals surface area contributed by atoms with Crippen LogP contribution in [0.2, 0.25) is 15.1 Å². The van der Waals surface area contributed by atoms with Gasteiger partial charge in [-0.05, 0) is 49.4 Å². The number of hydrogen-bond acceptors (Lipinski definition) is 5. The average Bonchev–Trinajstić information content (AvgIpc) is 2.94. The molecule has 0 saturated carbocycles. The van der Waals surface area contributed by atoms with E-state index in [9.17, 15) is 24.2 Å². The van der Waals surface area contributed by atoms with Crippen LogP contribution < -0.4 is 10.2 Å². The topological polar surface area (TPSA) is 103 Å². The molecule has 3 aromatic rings. The number of nitrogens with one attached hydrogen (secondary N) is 1. The van der Waals surface area contributed by atoms with Crippen molar-refractivity contribution in [1.82, 2.24) is 4.98 Å². The number of aromatic nitrogens is 1. The van der Waals surface area contributed by atoms with Crippen molar-refractivity contribution in [1.29, 1.82) is 0 Å². The summed E-state index contributed by atoms with van der Waals surface area (Å²) in [6, 6.07) is 9.02. The van der Waals surface area contributed by atoms with Crippen molar-refractivity contribution in [3.05, 3.63) is 86.2 Å². The van der Waals surface area contributed by atoms with E-state index in [1.807, 2.05) is 0 Å². The molecule has 0 spiro atoms. The Morgan fingerprint density at radius 3 is 2.51 bits per heavy atom. The zero-order chi connectivity index (χ0) is 27.1. The van der Waals surface area contributed by atoms with Gasteiger partial charge in [-0.25, -0.2) is 13.8 Å². The van der Waals surface area contributed by atoms with Crippen molar-refractivity contribution in [3.63, 3.8) is 0 Å². The zero-order valence-electron chi connectivity index (χ0n) is 19.2. The van der Waals surface area contributed by atoms with Gasteiger partial charge >= 0.3 is 0 Å². The number of benzene rings is 2. The number of nitrogens with zero attached hydrogens (tertiary/aromatic N) is 2. The highest BCUT2D eigenvalue weighted by Gasteiger charge is 2.52. The van der Waals surface area contributed by atoms with Gasteiger partial charge in [0, 0.05) is 29.7 Å². The molecule has 0 saturated heterocycles. The Balaban J connectivity index is 1.61. The molecule has 0 bridgehead atoms. The molecule has 194 valence electrons. The van der Waals surface area contributed by atoms with E-state index in [2.05, 4.69) is 10.3 Å². The minimum absolute atomic E-state index is 0.0257. The first-order chi connectivity index (χ1) is 17.4. The van der Waals surface area contributed by atoms with Gasteiger partial charge in [0.25, 0.3) is 11.8 Å². The Bertz CT molecular complexity index is 1390. The molecule has 1 aromatic heterocycles. The molecule has 1 aliphatic heterocycles. The average molecular weight is 571 g/mol. The van der Waals surface area contributed by atoms with Gasteiger partial charge in [0.2, 0.25) is 0 Å².